The highest BCUT2D eigenvalue weighted by Gasteiger charge is 2.35. The highest BCUT2D eigenvalue weighted by Crippen LogP contribution is 2.33. The molecule has 6 heteroatoms. The van der Waals surface area contributed by atoms with Crippen molar-refractivity contribution >= 4 is 22.9 Å². The smallest absolute Gasteiger partial charge is 0.263 e. The van der Waals surface area contributed by atoms with Gasteiger partial charge in [0.1, 0.15) is 4.88 Å². The van der Waals surface area contributed by atoms with Gasteiger partial charge in [0.15, 0.2) is 0 Å². The van der Waals surface area contributed by atoms with Crippen LogP contribution in [-0.2, 0) is 0 Å². The number of hydrogen-bond acceptors (Lipinski definition) is 5. The molecule has 3 N–H and O–H groups in total. The largest absolute Gasteiger partial charge is 0.397 e. The predicted molar refractivity (Wildman–Crippen MR) is 92.4 cm³/mol. The van der Waals surface area contributed by atoms with E-state index in [0.29, 0.717) is 16.5 Å². The number of nitrogens with zero attached hydrogens (tertiary/aromatic N) is 2. The van der Waals surface area contributed by atoms with Gasteiger partial charge in [0.25, 0.3) is 5.91 Å². The monoisotopic (exact) mass is 328 g/mol. The number of rotatable bonds is 3. The summed E-state index contributed by atoms with van der Waals surface area (Å²) >= 11 is 1.44. The van der Waals surface area contributed by atoms with Gasteiger partial charge in [-0.1, -0.05) is 6.07 Å². The molecular formula is C17H20N4OS. The Morgan fingerprint density at radius 1 is 1.39 bits per heavy atom. The van der Waals surface area contributed by atoms with E-state index in [2.05, 4.69) is 15.2 Å². The van der Waals surface area contributed by atoms with Crippen LogP contribution in [0.25, 0.3) is 10.4 Å². The van der Waals surface area contributed by atoms with Crippen LogP contribution in [0.2, 0.25) is 0 Å². The second-order valence-electron chi connectivity index (χ2n) is 6.35. The average molecular weight is 328 g/mol. The van der Waals surface area contributed by atoms with Crippen molar-refractivity contribution < 1.29 is 4.79 Å². The molecule has 3 aliphatic heterocycles. The number of nitrogen functional groups attached to an aromatic ring is 1. The maximum Gasteiger partial charge on any atom is 0.263 e. The van der Waals surface area contributed by atoms with Gasteiger partial charge < -0.3 is 16.0 Å². The molecule has 0 saturated carbocycles. The molecule has 23 heavy (non-hydrogen) atoms. The fourth-order valence-electron chi connectivity index (χ4n) is 3.60. The minimum Gasteiger partial charge on any atom is -0.397 e. The number of nitrogens with one attached hydrogen (secondary N) is 1. The number of hydrogen-bond donors (Lipinski definition) is 2. The lowest BCUT2D eigenvalue weighted by Gasteiger charge is -2.44. The number of amides is 1. The van der Waals surface area contributed by atoms with Crippen molar-refractivity contribution in [3.05, 3.63) is 35.5 Å². The number of fused-ring (bicyclic) bond motifs is 3. The predicted octanol–water partition coefficient (Wildman–Crippen LogP) is 2.22. The Balaban J connectivity index is 1.52. The Morgan fingerprint density at radius 3 is 2.87 bits per heavy atom. The summed E-state index contributed by atoms with van der Waals surface area (Å²) in [4.78, 5) is 20.8. The van der Waals surface area contributed by atoms with Crippen LogP contribution in [0.4, 0.5) is 5.69 Å². The Labute approximate surface area is 139 Å². The Hall–Kier alpha value is -1.92. The number of carbonyl (C=O) groups excluding carboxylic acids is 1. The van der Waals surface area contributed by atoms with E-state index in [1.807, 2.05) is 18.2 Å². The quantitative estimate of drug-likeness (QED) is 0.906. The van der Waals surface area contributed by atoms with Crippen molar-refractivity contribution in [3.63, 3.8) is 0 Å². The van der Waals surface area contributed by atoms with Crippen LogP contribution < -0.4 is 11.1 Å². The number of thiophene rings is 1. The molecule has 3 aliphatic rings. The number of aromatic nitrogens is 1. The van der Waals surface area contributed by atoms with E-state index < -0.39 is 0 Å². The molecule has 0 radical (unpaired) electrons. The second kappa shape index (κ2) is 5.94. The summed E-state index contributed by atoms with van der Waals surface area (Å²) in [5.74, 6) is 0.573. The summed E-state index contributed by atoms with van der Waals surface area (Å²) in [5, 5.41) is 3.21. The average Bonchev–Trinajstić information content (AvgIpc) is 2.99. The van der Waals surface area contributed by atoms with Gasteiger partial charge >= 0.3 is 0 Å². The summed E-state index contributed by atoms with van der Waals surface area (Å²) in [6.45, 7) is 3.31. The molecule has 3 fully saturated rings. The van der Waals surface area contributed by atoms with Crippen LogP contribution in [-0.4, -0.2) is 41.5 Å². The molecule has 5 heterocycles. The highest BCUT2D eigenvalue weighted by atomic mass is 32.1. The van der Waals surface area contributed by atoms with Crippen molar-refractivity contribution in [2.75, 3.05) is 25.4 Å². The summed E-state index contributed by atoms with van der Waals surface area (Å²) < 4.78 is 0. The number of pyridine rings is 1. The molecule has 2 aromatic heterocycles. The van der Waals surface area contributed by atoms with Crippen molar-refractivity contribution in [2.45, 2.75) is 18.9 Å². The van der Waals surface area contributed by atoms with Crippen LogP contribution in [0.1, 0.15) is 22.5 Å². The normalized spacial score (nSPS) is 26.2. The summed E-state index contributed by atoms with van der Waals surface area (Å²) in [6.07, 6.45) is 5.90. The van der Waals surface area contributed by atoms with Crippen LogP contribution in [0.15, 0.2) is 30.6 Å². The zero-order valence-corrected chi connectivity index (χ0v) is 13.7. The van der Waals surface area contributed by atoms with Crippen LogP contribution in [0.3, 0.4) is 0 Å². The van der Waals surface area contributed by atoms with Crippen LogP contribution in [0, 0.1) is 5.92 Å². The number of piperidine rings is 3. The van der Waals surface area contributed by atoms with Crippen LogP contribution >= 0.6 is 11.3 Å². The Kier molecular flexibility index (Phi) is 3.79. The third kappa shape index (κ3) is 2.84. The van der Waals surface area contributed by atoms with Gasteiger partial charge in [0, 0.05) is 35.4 Å². The SMILES string of the molecule is Nc1cc(-c2cccnc2)sc1C(=O)NC1CN2CCC1CC2. The van der Waals surface area contributed by atoms with Crippen molar-refractivity contribution in [2.24, 2.45) is 5.92 Å². The molecule has 5 rings (SSSR count). The fraction of sp³-hybridized carbons (Fsp3) is 0.412. The first-order valence-electron chi connectivity index (χ1n) is 8.03. The third-order valence-corrected chi connectivity index (χ3v) is 6.08. The van der Waals surface area contributed by atoms with E-state index >= 15 is 0 Å². The van der Waals surface area contributed by atoms with Gasteiger partial charge in [-0.05, 0) is 44.0 Å². The lowest BCUT2D eigenvalue weighted by molar-refractivity contribution is 0.0623. The van der Waals surface area contributed by atoms with Gasteiger partial charge in [-0.15, -0.1) is 11.3 Å². The zero-order valence-electron chi connectivity index (χ0n) is 12.9. The first kappa shape index (κ1) is 14.7. The molecule has 0 aromatic carbocycles. The molecule has 1 unspecified atom stereocenters. The minimum atomic E-state index is -0.0404. The lowest BCUT2D eigenvalue weighted by atomic mass is 9.84. The first-order valence-corrected chi connectivity index (χ1v) is 8.85. The lowest BCUT2D eigenvalue weighted by Crippen LogP contribution is -2.57. The van der Waals surface area contributed by atoms with Crippen molar-refractivity contribution in [3.8, 4) is 10.4 Å². The van der Waals surface area contributed by atoms with Crippen LogP contribution in [0.5, 0.6) is 0 Å². The Morgan fingerprint density at radius 2 is 2.22 bits per heavy atom. The molecule has 2 aromatic rings. The van der Waals surface area contributed by atoms with E-state index in [4.69, 9.17) is 5.73 Å². The molecule has 0 spiro atoms. The number of anilines is 1. The fourth-order valence-corrected chi connectivity index (χ4v) is 4.57. The summed E-state index contributed by atoms with van der Waals surface area (Å²) in [7, 11) is 0. The second-order valence-corrected chi connectivity index (χ2v) is 7.41. The molecule has 1 amide bonds. The molecule has 5 nitrogen and oxygen atoms in total. The molecule has 120 valence electrons. The van der Waals surface area contributed by atoms with Gasteiger partial charge in [0.05, 0.1) is 5.69 Å². The molecule has 0 aliphatic carbocycles. The maximum absolute atomic E-state index is 12.6. The molecule has 2 bridgehead atoms. The van der Waals surface area contributed by atoms with Gasteiger partial charge in [0.2, 0.25) is 0 Å². The number of nitrogens with two attached hydrogens (primary N) is 1. The Bertz CT molecular complexity index is 707. The van der Waals surface area contributed by atoms with E-state index in [-0.39, 0.29) is 11.9 Å². The van der Waals surface area contributed by atoms with Gasteiger partial charge in [-0.25, -0.2) is 0 Å². The first-order chi connectivity index (χ1) is 11.2. The van der Waals surface area contributed by atoms with Crippen molar-refractivity contribution in [1.82, 2.24) is 15.2 Å². The zero-order chi connectivity index (χ0) is 15.8. The number of carbonyl (C=O) groups is 1. The van der Waals surface area contributed by atoms with Gasteiger partial charge in [-0.3, -0.25) is 9.78 Å². The topological polar surface area (TPSA) is 71.2 Å². The highest BCUT2D eigenvalue weighted by molar-refractivity contribution is 7.18. The third-order valence-electron chi connectivity index (χ3n) is 4.89. The summed E-state index contributed by atoms with van der Waals surface area (Å²) in [6, 6.07) is 5.99. The molecule has 1 atom stereocenters. The summed E-state index contributed by atoms with van der Waals surface area (Å²) in [5.41, 5.74) is 7.62. The minimum absolute atomic E-state index is 0.0404. The standard InChI is InChI=1S/C17H20N4OS/c18-13-8-15(12-2-1-5-19-9-12)23-16(13)17(22)20-14-10-21-6-3-11(14)4-7-21/h1-2,5,8-9,11,14H,3-4,6-7,10,18H2,(H,20,22). The van der Waals surface area contributed by atoms with Crippen molar-refractivity contribution in [1.29, 1.82) is 0 Å². The maximum atomic E-state index is 12.6. The van der Waals surface area contributed by atoms with Gasteiger partial charge in [-0.2, -0.15) is 0 Å². The van der Waals surface area contributed by atoms with E-state index in [0.717, 1.165) is 17.0 Å². The molecular weight excluding hydrogens is 308 g/mol. The van der Waals surface area contributed by atoms with E-state index in [1.54, 1.807) is 12.4 Å². The molecule has 3 saturated heterocycles. The van der Waals surface area contributed by atoms with E-state index in [9.17, 15) is 4.79 Å². The van der Waals surface area contributed by atoms with E-state index in [1.165, 1.54) is 37.3 Å².